The number of carbonyl (C=O) groups excluding carboxylic acids is 1. The van der Waals surface area contributed by atoms with Crippen LogP contribution in [0.15, 0.2) is 36.4 Å². The molecule has 0 spiro atoms. The highest BCUT2D eigenvalue weighted by Crippen LogP contribution is 2.44. The van der Waals surface area contributed by atoms with Gasteiger partial charge in [-0.2, -0.15) is 0 Å². The molecule has 1 N–H and O–H groups in total. The van der Waals surface area contributed by atoms with Gasteiger partial charge in [-0.05, 0) is 56.1 Å². The third-order valence-electron chi connectivity index (χ3n) is 5.46. The van der Waals surface area contributed by atoms with E-state index in [0.717, 1.165) is 43.7 Å². The van der Waals surface area contributed by atoms with Crippen LogP contribution in [-0.2, 0) is 9.53 Å². The summed E-state index contributed by atoms with van der Waals surface area (Å²) in [4.78, 5) is 12.6. The summed E-state index contributed by atoms with van der Waals surface area (Å²) in [6.45, 7) is 1.37. The Morgan fingerprint density at radius 1 is 1.21 bits per heavy atom. The molecule has 2 bridgehead atoms. The largest absolute Gasteiger partial charge is 0.489 e. The van der Waals surface area contributed by atoms with Gasteiger partial charge in [0.15, 0.2) is 0 Å². The van der Waals surface area contributed by atoms with E-state index in [2.05, 4.69) is 17.5 Å². The number of ether oxygens (including phenoxy) is 2. The lowest BCUT2D eigenvalue weighted by Gasteiger charge is -2.23. The number of fused-ring (bicyclic) bond motifs is 2. The number of amides is 1. The van der Waals surface area contributed by atoms with Crippen molar-refractivity contribution >= 4 is 11.6 Å². The lowest BCUT2D eigenvalue weighted by molar-refractivity contribution is -0.120. The molecule has 4 nitrogen and oxygen atoms in total. The lowest BCUT2D eigenvalue weighted by Crippen LogP contribution is -2.27. The Morgan fingerprint density at radius 2 is 2.12 bits per heavy atom. The molecule has 1 saturated heterocycles. The summed E-state index contributed by atoms with van der Waals surface area (Å²) < 4.78 is 11.7. The van der Waals surface area contributed by atoms with Gasteiger partial charge in [0.2, 0.25) is 5.91 Å². The molecule has 128 valence electrons. The van der Waals surface area contributed by atoms with Gasteiger partial charge >= 0.3 is 0 Å². The van der Waals surface area contributed by atoms with Gasteiger partial charge in [-0.25, -0.2) is 0 Å². The molecule has 4 rings (SSSR count). The number of hydrogen-bond donors (Lipinski definition) is 1. The van der Waals surface area contributed by atoms with Crippen molar-refractivity contribution in [2.75, 3.05) is 18.5 Å². The average molecular weight is 327 g/mol. The molecule has 1 aliphatic heterocycles. The summed E-state index contributed by atoms with van der Waals surface area (Å²) in [5.41, 5.74) is 0.769. The molecule has 1 unspecified atom stereocenters. The second-order valence-electron chi connectivity index (χ2n) is 7.17. The first-order valence-corrected chi connectivity index (χ1v) is 9.12. The van der Waals surface area contributed by atoms with Crippen LogP contribution in [-0.4, -0.2) is 25.2 Å². The molecule has 4 heteroatoms. The minimum atomic E-state index is 0.106. The Labute approximate surface area is 143 Å². The standard InChI is InChI=1S/C20H25NO3/c22-20(17-12-14-8-9-15(17)11-14)21-18-6-1-2-7-19(18)24-13-16-5-3-4-10-23-16/h1-2,6-9,14-17H,3-5,10-13H2,(H,21,22)/t14-,15+,16?,17-/m1/s1. The Hall–Kier alpha value is -1.81. The predicted molar refractivity (Wildman–Crippen MR) is 93.0 cm³/mol. The minimum Gasteiger partial charge on any atom is -0.489 e. The highest BCUT2D eigenvalue weighted by atomic mass is 16.5. The van der Waals surface area contributed by atoms with E-state index in [0.29, 0.717) is 18.4 Å². The molecular weight excluding hydrogens is 302 g/mol. The van der Waals surface area contributed by atoms with Crippen molar-refractivity contribution in [3.05, 3.63) is 36.4 Å². The maximum absolute atomic E-state index is 12.6. The van der Waals surface area contributed by atoms with E-state index in [4.69, 9.17) is 9.47 Å². The normalized spacial score (nSPS) is 31.2. The molecular formula is C20H25NO3. The van der Waals surface area contributed by atoms with Crippen LogP contribution in [0, 0.1) is 17.8 Å². The smallest absolute Gasteiger partial charge is 0.228 e. The molecule has 0 aromatic heterocycles. The zero-order chi connectivity index (χ0) is 16.4. The second-order valence-corrected chi connectivity index (χ2v) is 7.17. The van der Waals surface area contributed by atoms with Gasteiger partial charge in [0.05, 0.1) is 11.8 Å². The van der Waals surface area contributed by atoms with Crippen molar-refractivity contribution in [3.8, 4) is 5.75 Å². The molecule has 1 aromatic rings. The summed E-state index contributed by atoms with van der Waals surface area (Å²) in [7, 11) is 0. The second kappa shape index (κ2) is 6.98. The highest BCUT2D eigenvalue weighted by molar-refractivity contribution is 5.94. The van der Waals surface area contributed by atoms with Crippen LogP contribution in [0.4, 0.5) is 5.69 Å². The first-order valence-electron chi connectivity index (χ1n) is 9.12. The molecule has 2 fully saturated rings. The summed E-state index contributed by atoms with van der Waals surface area (Å²) in [5, 5.41) is 3.09. The SMILES string of the molecule is O=C(Nc1ccccc1OCC1CCCCO1)[C@@H]1C[C@@H]2C=C[C@H]1C2. The Balaban J connectivity index is 1.38. The van der Waals surface area contributed by atoms with Crippen LogP contribution in [0.5, 0.6) is 5.75 Å². The number of nitrogens with one attached hydrogen (secondary N) is 1. The third kappa shape index (κ3) is 3.34. The number of para-hydroxylation sites is 2. The molecule has 3 aliphatic rings. The molecule has 4 atom stereocenters. The lowest BCUT2D eigenvalue weighted by atomic mass is 9.93. The van der Waals surface area contributed by atoms with Crippen molar-refractivity contribution in [1.29, 1.82) is 0 Å². The molecule has 0 radical (unpaired) electrons. The number of anilines is 1. The summed E-state index contributed by atoms with van der Waals surface area (Å²) in [6.07, 6.45) is 10.1. The third-order valence-corrected chi connectivity index (χ3v) is 5.46. The molecule has 1 amide bonds. The van der Waals surface area contributed by atoms with E-state index in [-0.39, 0.29) is 17.9 Å². The van der Waals surface area contributed by atoms with Crippen molar-refractivity contribution in [3.63, 3.8) is 0 Å². The summed E-state index contributed by atoms with van der Waals surface area (Å²) in [6, 6.07) is 7.70. The van der Waals surface area contributed by atoms with Gasteiger partial charge in [0, 0.05) is 12.5 Å². The van der Waals surface area contributed by atoms with Gasteiger partial charge in [0.25, 0.3) is 0 Å². The quantitative estimate of drug-likeness (QED) is 0.837. The fourth-order valence-corrected chi connectivity index (χ4v) is 4.12. The average Bonchev–Trinajstić information content (AvgIpc) is 3.25. The van der Waals surface area contributed by atoms with Crippen LogP contribution in [0.1, 0.15) is 32.1 Å². The van der Waals surface area contributed by atoms with Gasteiger partial charge in [0.1, 0.15) is 12.4 Å². The van der Waals surface area contributed by atoms with E-state index < -0.39 is 0 Å². The fraction of sp³-hybridized carbons (Fsp3) is 0.550. The monoisotopic (exact) mass is 327 g/mol. The number of hydrogen-bond acceptors (Lipinski definition) is 3. The Morgan fingerprint density at radius 3 is 2.88 bits per heavy atom. The van der Waals surface area contributed by atoms with Gasteiger partial charge in [-0.1, -0.05) is 24.3 Å². The van der Waals surface area contributed by atoms with E-state index in [1.165, 1.54) is 6.42 Å². The van der Waals surface area contributed by atoms with Crippen LogP contribution in [0.25, 0.3) is 0 Å². The maximum atomic E-state index is 12.6. The molecule has 1 saturated carbocycles. The van der Waals surface area contributed by atoms with Gasteiger partial charge in [-0.15, -0.1) is 0 Å². The highest BCUT2D eigenvalue weighted by Gasteiger charge is 2.39. The van der Waals surface area contributed by atoms with Crippen LogP contribution in [0.3, 0.4) is 0 Å². The zero-order valence-corrected chi connectivity index (χ0v) is 13.9. The zero-order valence-electron chi connectivity index (χ0n) is 13.9. The molecule has 2 aliphatic carbocycles. The van der Waals surface area contributed by atoms with E-state index in [1.54, 1.807) is 0 Å². The topological polar surface area (TPSA) is 47.6 Å². The van der Waals surface area contributed by atoms with Gasteiger partial charge < -0.3 is 14.8 Å². The molecule has 24 heavy (non-hydrogen) atoms. The number of rotatable bonds is 5. The van der Waals surface area contributed by atoms with Crippen molar-refractivity contribution in [1.82, 2.24) is 0 Å². The van der Waals surface area contributed by atoms with Crippen molar-refractivity contribution < 1.29 is 14.3 Å². The minimum absolute atomic E-state index is 0.106. The maximum Gasteiger partial charge on any atom is 0.228 e. The van der Waals surface area contributed by atoms with E-state index in [9.17, 15) is 4.79 Å². The number of allylic oxidation sites excluding steroid dienone is 2. The van der Waals surface area contributed by atoms with Crippen LogP contribution >= 0.6 is 0 Å². The molecule has 1 aromatic carbocycles. The Bertz CT molecular complexity index is 621. The van der Waals surface area contributed by atoms with Gasteiger partial charge in [-0.3, -0.25) is 4.79 Å². The first kappa shape index (κ1) is 15.7. The number of benzene rings is 1. The number of carbonyl (C=O) groups is 1. The predicted octanol–water partition coefficient (Wildman–Crippen LogP) is 3.79. The summed E-state index contributed by atoms with van der Waals surface area (Å²) >= 11 is 0. The first-order chi connectivity index (χ1) is 11.8. The summed E-state index contributed by atoms with van der Waals surface area (Å²) in [5.74, 6) is 1.98. The Kier molecular flexibility index (Phi) is 4.56. The van der Waals surface area contributed by atoms with Crippen LogP contribution < -0.4 is 10.1 Å². The van der Waals surface area contributed by atoms with E-state index >= 15 is 0 Å². The van der Waals surface area contributed by atoms with Crippen molar-refractivity contribution in [2.24, 2.45) is 17.8 Å². The van der Waals surface area contributed by atoms with Crippen molar-refractivity contribution in [2.45, 2.75) is 38.2 Å². The molecule has 1 heterocycles. The fourth-order valence-electron chi connectivity index (χ4n) is 4.12. The van der Waals surface area contributed by atoms with E-state index in [1.807, 2.05) is 24.3 Å². The van der Waals surface area contributed by atoms with Crippen LogP contribution in [0.2, 0.25) is 0 Å².